The van der Waals surface area contributed by atoms with Gasteiger partial charge in [0.15, 0.2) is 0 Å². The second-order valence-electron chi connectivity index (χ2n) is 8.60. The van der Waals surface area contributed by atoms with Crippen LogP contribution in [0.15, 0.2) is 30.3 Å². The highest BCUT2D eigenvalue weighted by Gasteiger charge is 2.28. The largest absolute Gasteiger partial charge is 0.338 e. The average Bonchev–Trinajstić information content (AvgIpc) is 3.23. The molecule has 1 aromatic carbocycles. The van der Waals surface area contributed by atoms with Gasteiger partial charge >= 0.3 is 0 Å². The molecule has 0 spiro atoms. The predicted octanol–water partition coefficient (Wildman–Crippen LogP) is 3.86. The molecular formula is C24H31ClN6O. The SMILES string of the molecule is Cc1nn(C(C)C(=O)N2CCN(Cc3c(C)nn(-c4ccccc4)c3C)CC2)c(C)c1Cl. The molecule has 7 nitrogen and oxygen atoms in total. The first-order valence-electron chi connectivity index (χ1n) is 11.1. The fraction of sp³-hybridized carbons (Fsp3) is 0.458. The Balaban J connectivity index is 1.40. The molecule has 1 saturated heterocycles. The van der Waals surface area contributed by atoms with Crippen LogP contribution in [0.25, 0.3) is 5.69 Å². The lowest BCUT2D eigenvalue weighted by atomic mass is 10.1. The molecule has 0 bridgehead atoms. The fourth-order valence-electron chi connectivity index (χ4n) is 4.46. The van der Waals surface area contributed by atoms with E-state index in [2.05, 4.69) is 36.0 Å². The molecule has 1 aliphatic rings. The molecule has 0 saturated carbocycles. The van der Waals surface area contributed by atoms with Crippen LogP contribution >= 0.6 is 11.6 Å². The van der Waals surface area contributed by atoms with Crippen molar-refractivity contribution in [2.24, 2.45) is 0 Å². The van der Waals surface area contributed by atoms with Crippen LogP contribution in [0.5, 0.6) is 0 Å². The number of amides is 1. The van der Waals surface area contributed by atoms with E-state index in [1.165, 1.54) is 11.3 Å². The van der Waals surface area contributed by atoms with Gasteiger partial charge in [-0.1, -0.05) is 29.8 Å². The minimum atomic E-state index is -0.360. The molecule has 2 aromatic heterocycles. The Morgan fingerprint density at radius 3 is 2.22 bits per heavy atom. The van der Waals surface area contributed by atoms with Crippen molar-refractivity contribution >= 4 is 17.5 Å². The second-order valence-corrected chi connectivity index (χ2v) is 8.98. The number of aryl methyl sites for hydroxylation is 2. The molecule has 1 atom stereocenters. The molecule has 3 aromatic rings. The molecule has 3 heterocycles. The molecule has 4 rings (SSSR count). The van der Waals surface area contributed by atoms with Crippen LogP contribution in [0.1, 0.15) is 41.3 Å². The Kier molecular flexibility index (Phi) is 6.40. The van der Waals surface area contributed by atoms with E-state index in [-0.39, 0.29) is 11.9 Å². The lowest BCUT2D eigenvalue weighted by Crippen LogP contribution is -2.50. The summed E-state index contributed by atoms with van der Waals surface area (Å²) in [6, 6.07) is 9.86. The summed E-state index contributed by atoms with van der Waals surface area (Å²) in [5.74, 6) is 0.0937. The van der Waals surface area contributed by atoms with Crippen molar-refractivity contribution in [3.8, 4) is 5.69 Å². The number of rotatable bonds is 5. The van der Waals surface area contributed by atoms with Gasteiger partial charge in [-0.15, -0.1) is 0 Å². The van der Waals surface area contributed by atoms with E-state index >= 15 is 0 Å². The highest BCUT2D eigenvalue weighted by molar-refractivity contribution is 6.31. The monoisotopic (exact) mass is 454 g/mol. The maximum atomic E-state index is 13.1. The van der Waals surface area contributed by atoms with Gasteiger partial charge in [-0.25, -0.2) is 4.68 Å². The fourth-order valence-corrected chi connectivity index (χ4v) is 4.59. The van der Waals surface area contributed by atoms with Gasteiger partial charge in [0.2, 0.25) is 5.91 Å². The standard InChI is InChI=1S/C24H31ClN6O/c1-16-22(18(3)31(26-16)21-9-7-6-8-10-21)15-28-11-13-29(14-12-28)24(32)20(5)30-19(4)23(25)17(2)27-30/h6-10,20H,11-15H2,1-5H3. The van der Waals surface area contributed by atoms with Gasteiger partial charge in [0.1, 0.15) is 6.04 Å². The lowest BCUT2D eigenvalue weighted by Gasteiger charge is -2.36. The minimum absolute atomic E-state index is 0.0937. The Bertz CT molecular complexity index is 1110. The zero-order valence-electron chi connectivity index (χ0n) is 19.5. The van der Waals surface area contributed by atoms with E-state index in [4.69, 9.17) is 16.7 Å². The van der Waals surface area contributed by atoms with E-state index in [0.29, 0.717) is 18.1 Å². The second kappa shape index (κ2) is 9.08. The van der Waals surface area contributed by atoms with E-state index in [0.717, 1.165) is 42.4 Å². The summed E-state index contributed by atoms with van der Waals surface area (Å²) in [4.78, 5) is 17.4. The number of carbonyl (C=O) groups excluding carboxylic acids is 1. The summed E-state index contributed by atoms with van der Waals surface area (Å²) in [6.45, 7) is 13.8. The van der Waals surface area contributed by atoms with Gasteiger partial charge in [-0.3, -0.25) is 14.4 Å². The first-order chi connectivity index (χ1) is 15.3. The van der Waals surface area contributed by atoms with E-state index in [1.54, 1.807) is 4.68 Å². The maximum absolute atomic E-state index is 13.1. The van der Waals surface area contributed by atoms with Crippen LogP contribution in [0.4, 0.5) is 0 Å². The van der Waals surface area contributed by atoms with Crippen LogP contribution in [-0.4, -0.2) is 61.4 Å². The minimum Gasteiger partial charge on any atom is -0.338 e. The number of hydrogen-bond donors (Lipinski definition) is 0. The number of benzene rings is 1. The molecule has 0 aliphatic carbocycles. The van der Waals surface area contributed by atoms with Crippen molar-refractivity contribution in [3.63, 3.8) is 0 Å². The Labute approximate surface area is 194 Å². The molecule has 32 heavy (non-hydrogen) atoms. The zero-order chi connectivity index (χ0) is 23.0. The number of aromatic nitrogens is 4. The van der Waals surface area contributed by atoms with Crippen LogP contribution < -0.4 is 0 Å². The van der Waals surface area contributed by atoms with E-state index in [1.807, 2.05) is 48.6 Å². The van der Waals surface area contributed by atoms with Crippen LogP contribution in [0, 0.1) is 27.7 Å². The molecule has 0 N–H and O–H groups in total. The van der Waals surface area contributed by atoms with Crippen LogP contribution in [0.2, 0.25) is 5.02 Å². The first kappa shape index (κ1) is 22.6. The van der Waals surface area contributed by atoms with Gasteiger partial charge in [0, 0.05) is 44.0 Å². The van der Waals surface area contributed by atoms with E-state index < -0.39 is 0 Å². The van der Waals surface area contributed by atoms with Crippen LogP contribution in [0.3, 0.4) is 0 Å². The highest BCUT2D eigenvalue weighted by Crippen LogP contribution is 2.24. The topological polar surface area (TPSA) is 59.2 Å². The first-order valence-corrected chi connectivity index (χ1v) is 11.5. The van der Waals surface area contributed by atoms with Gasteiger partial charge in [-0.2, -0.15) is 10.2 Å². The number of hydrogen-bond acceptors (Lipinski definition) is 4. The van der Waals surface area contributed by atoms with Crippen molar-refractivity contribution in [3.05, 3.63) is 63.7 Å². The average molecular weight is 455 g/mol. The summed E-state index contributed by atoms with van der Waals surface area (Å²) in [6.07, 6.45) is 0. The molecule has 0 radical (unpaired) electrons. The normalized spacial score (nSPS) is 15.9. The zero-order valence-corrected chi connectivity index (χ0v) is 20.2. The smallest absolute Gasteiger partial charge is 0.247 e. The van der Waals surface area contributed by atoms with Gasteiger partial charge in [-0.05, 0) is 46.8 Å². The number of para-hydroxylation sites is 1. The molecule has 1 amide bonds. The quantitative estimate of drug-likeness (QED) is 0.587. The third kappa shape index (κ3) is 4.19. The molecule has 8 heteroatoms. The molecular weight excluding hydrogens is 424 g/mol. The van der Waals surface area contributed by atoms with Gasteiger partial charge in [0.05, 0.1) is 27.8 Å². The predicted molar refractivity (Wildman–Crippen MR) is 126 cm³/mol. The molecule has 1 aliphatic heterocycles. The maximum Gasteiger partial charge on any atom is 0.247 e. The number of nitrogens with zero attached hydrogens (tertiary/aromatic N) is 6. The van der Waals surface area contributed by atoms with Crippen molar-refractivity contribution < 1.29 is 4.79 Å². The van der Waals surface area contributed by atoms with Crippen molar-refractivity contribution in [2.75, 3.05) is 26.2 Å². The Morgan fingerprint density at radius 2 is 1.62 bits per heavy atom. The van der Waals surface area contributed by atoms with Gasteiger partial charge < -0.3 is 4.90 Å². The van der Waals surface area contributed by atoms with Crippen molar-refractivity contribution in [1.82, 2.24) is 29.4 Å². The van der Waals surface area contributed by atoms with Crippen LogP contribution in [-0.2, 0) is 11.3 Å². The third-order valence-corrected chi connectivity index (χ3v) is 7.02. The number of halogens is 1. The molecule has 1 fully saturated rings. The van der Waals surface area contributed by atoms with Crippen molar-refractivity contribution in [1.29, 1.82) is 0 Å². The lowest BCUT2D eigenvalue weighted by molar-refractivity contribution is -0.136. The highest BCUT2D eigenvalue weighted by atomic mass is 35.5. The Hall–Kier alpha value is -2.64. The van der Waals surface area contributed by atoms with Gasteiger partial charge in [0.25, 0.3) is 0 Å². The Morgan fingerprint density at radius 1 is 0.969 bits per heavy atom. The summed E-state index contributed by atoms with van der Waals surface area (Å²) in [7, 11) is 0. The summed E-state index contributed by atoms with van der Waals surface area (Å²) in [5.41, 5.74) is 6.16. The summed E-state index contributed by atoms with van der Waals surface area (Å²) < 4.78 is 3.77. The summed E-state index contributed by atoms with van der Waals surface area (Å²) >= 11 is 6.27. The van der Waals surface area contributed by atoms with E-state index in [9.17, 15) is 4.79 Å². The molecule has 1 unspecified atom stereocenters. The third-order valence-electron chi connectivity index (χ3n) is 6.47. The number of piperazine rings is 1. The summed E-state index contributed by atoms with van der Waals surface area (Å²) in [5, 5.41) is 9.86. The molecule has 170 valence electrons. The van der Waals surface area contributed by atoms with Crippen molar-refractivity contribution in [2.45, 2.75) is 47.2 Å². The number of carbonyl (C=O) groups is 1.